The zero-order valence-corrected chi connectivity index (χ0v) is 20.0. The van der Waals surface area contributed by atoms with E-state index in [0.29, 0.717) is 45.0 Å². The molecule has 2 aromatic rings. The maximum Gasteiger partial charge on any atom is 0.343 e. The van der Waals surface area contributed by atoms with E-state index in [1.165, 1.54) is 30.9 Å². The Morgan fingerprint density at radius 1 is 1.09 bits per heavy atom. The molecule has 0 aromatic heterocycles. The van der Waals surface area contributed by atoms with Crippen LogP contribution in [0, 0.1) is 0 Å². The lowest BCUT2D eigenvalue weighted by molar-refractivity contribution is -0.142. The van der Waals surface area contributed by atoms with Crippen molar-refractivity contribution in [2.75, 3.05) is 34.5 Å². The van der Waals surface area contributed by atoms with Crippen LogP contribution < -0.4 is 9.47 Å². The molecule has 3 rings (SSSR count). The van der Waals surface area contributed by atoms with Gasteiger partial charge in [0, 0.05) is 7.05 Å². The van der Waals surface area contributed by atoms with Gasteiger partial charge in [-0.15, -0.1) is 0 Å². The van der Waals surface area contributed by atoms with Gasteiger partial charge >= 0.3 is 11.9 Å². The Morgan fingerprint density at radius 2 is 1.82 bits per heavy atom. The highest BCUT2D eigenvalue weighted by atomic mass is 32.2. The van der Waals surface area contributed by atoms with Crippen LogP contribution in [0.1, 0.15) is 22.8 Å². The number of nitrogens with zero attached hydrogens (tertiary/aromatic N) is 2. The minimum Gasteiger partial charge on any atom is -0.493 e. The van der Waals surface area contributed by atoms with Crippen LogP contribution in [-0.2, 0) is 19.1 Å². The molecule has 34 heavy (non-hydrogen) atoms. The first-order chi connectivity index (χ1) is 16.4. The highest BCUT2D eigenvalue weighted by Crippen LogP contribution is 2.35. The molecule has 1 fully saturated rings. The molecule has 0 radical (unpaired) electrons. The number of rotatable bonds is 8. The third kappa shape index (κ3) is 5.96. The van der Waals surface area contributed by atoms with E-state index in [1.54, 1.807) is 62.5 Å². The third-order valence-electron chi connectivity index (χ3n) is 4.67. The summed E-state index contributed by atoms with van der Waals surface area (Å²) in [6, 6.07) is 11.8. The topological polar surface area (TPSA) is 104 Å². The summed E-state index contributed by atoms with van der Waals surface area (Å²) in [5.74, 6) is -0.307. The maximum atomic E-state index is 12.7. The molecule has 0 spiro atoms. The van der Waals surface area contributed by atoms with Crippen LogP contribution in [0.3, 0.4) is 0 Å². The molecule has 10 heteroatoms. The van der Waals surface area contributed by atoms with E-state index in [-0.39, 0.29) is 12.5 Å². The molecule has 178 valence electrons. The Hall–Kier alpha value is -3.79. The molecule has 0 atom stereocenters. The number of carbonyl (C=O) groups excluding carboxylic acids is 3. The summed E-state index contributed by atoms with van der Waals surface area (Å²) in [5.41, 5.74) is 1.75. The van der Waals surface area contributed by atoms with Crippen LogP contribution in [0.15, 0.2) is 52.4 Å². The van der Waals surface area contributed by atoms with E-state index in [9.17, 15) is 14.4 Å². The van der Waals surface area contributed by atoms with Crippen molar-refractivity contribution < 1.29 is 33.3 Å². The molecule has 1 saturated heterocycles. The standard InChI is InChI=1S/C24H24N2O7S/c1-5-32-23(29)16-7-9-17(10-8-16)25-24-26(2)22(28)20(34-24)13-15-6-11-18(19(12-15)30-3)33-14-21(27)31-4/h6-13H,5,14H2,1-4H3. The van der Waals surface area contributed by atoms with Crippen molar-refractivity contribution in [1.82, 2.24) is 4.90 Å². The number of hydrogen-bond donors (Lipinski definition) is 0. The zero-order valence-electron chi connectivity index (χ0n) is 19.2. The van der Waals surface area contributed by atoms with E-state index >= 15 is 0 Å². The monoisotopic (exact) mass is 484 g/mol. The van der Waals surface area contributed by atoms with Gasteiger partial charge < -0.3 is 18.9 Å². The first-order valence-corrected chi connectivity index (χ1v) is 11.1. The molecule has 0 unspecified atom stereocenters. The highest BCUT2D eigenvalue weighted by molar-refractivity contribution is 8.18. The largest absolute Gasteiger partial charge is 0.493 e. The number of amides is 1. The zero-order chi connectivity index (χ0) is 24.7. The van der Waals surface area contributed by atoms with E-state index in [4.69, 9.17) is 14.2 Å². The summed E-state index contributed by atoms with van der Waals surface area (Å²) < 4.78 is 20.3. The molecule has 1 aliphatic rings. The molecule has 0 bridgehead atoms. The van der Waals surface area contributed by atoms with Crippen LogP contribution in [0.25, 0.3) is 6.08 Å². The summed E-state index contributed by atoms with van der Waals surface area (Å²) >= 11 is 1.23. The number of carbonyl (C=O) groups is 3. The van der Waals surface area contributed by atoms with Crippen LogP contribution in [-0.4, -0.2) is 62.4 Å². The predicted molar refractivity (Wildman–Crippen MR) is 128 cm³/mol. The van der Waals surface area contributed by atoms with Crippen LogP contribution in [0.4, 0.5) is 5.69 Å². The number of benzene rings is 2. The van der Waals surface area contributed by atoms with E-state index in [2.05, 4.69) is 9.73 Å². The van der Waals surface area contributed by atoms with Gasteiger partial charge in [-0.1, -0.05) is 6.07 Å². The average Bonchev–Trinajstić information content (AvgIpc) is 3.10. The van der Waals surface area contributed by atoms with Gasteiger partial charge in [-0.3, -0.25) is 9.69 Å². The second-order valence-electron chi connectivity index (χ2n) is 6.91. The Labute approximate surface area is 201 Å². The smallest absolute Gasteiger partial charge is 0.343 e. The van der Waals surface area contributed by atoms with Crippen molar-refractivity contribution in [3.8, 4) is 11.5 Å². The van der Waals surface area contributed by atoms with E-state index in [1.807, 2.05) is 0 Å². The SMILES string of the molecule is CCOC(=O)c1ccc(N=C2SC(=Cc3ccc(OCC(=O)OC)c(OC)c3)C(=O)N2C)cc1. The Bertz CT molecular complexity index is 1140. The van der Waals surface area contributed by atoms with Crippen molar-refractivity contribution in [2.24, 2.45) is 4.99 Å². The number of esters is 2. The lowest BCUT2D eigenvalue weighted by Crippen LogP contribution is -2.23. The van der Waals surface area contributed by atoms with Gasteiger partial charge in [0.1, 0.15) is 0 Å². The van der Waals surface area contributed by atoms with Gasteiger partial charge in [0.05, 0.1) is 37.0 Å². The normalized spacial score (nSPS) is 15.5. The maximum absolute atomic E-state index is 12.7. The molecular weight excluding hydrogens is 460 g/mol. The highest BCUT2D eigenvalue weighted by Gasteiger charge is 2.30. The average molecular weight is 485 g/mol. The molecule has 1 heterocycles. The van der Waals surface area contributed by atoms with Crippen molar-refractivity contribution >= 4 is 46.5 Å². The van der Waals surface area contributed by atoms with Gasteiger partial charge in [0.15, 0.2) is 23.3 Å². The molecule has 0 aliphatic carbocycles. The molecule has 1 amide bonds. The second kappa shape index (κ2) is 11.4. The number of aliphatic imine (C=N–C) groups is 1. The summed E-state index contributed by atoms with van der Waals surface area (Å²) in [6.07, 6.45) is 1.72. The first kappa shape index (κ1) is 24.8. The fraction of sp³-hybridized carbons (Fsp3) is 0.250. The lowest BCUT2D eigenvalue weighted by Gasteiger charge is -2.10. The van der Waals surface area contributed by atoms with Gasteiger partial charge in [-0.05, 0) is 66.7 Å². The van der Waals surface area contributed by atoms with Gasteiger partial charge in [-0.2, -0.15) is 0 Å². The quantitative estimate of drug-likeness (QED) is 0.413. The van der Waals surface area contributed by atoms with Gasteiger partial charge in [-0.25, -0.2) is 14.6 Å². The Balaban J connectivity index is 1.77. The number of amidine groups is 1. The fourth-order valence-corrected chi connectivity index (χ4v) is 3.88. The van der Waals surface area contributed by atoms with Crippen molar-refractivity contribution in [2.45, 2.75) is 6.92 Å². The number of hydrogen-bond acceptors (Lipinski definition) is 9. The van der Waals surface area contributed by atoms with Crippen molar-refractivity contribution in [3.05, 3.63) is 58.5 Å². The lowest BCUT2D eigenvalue weighted by atomic mass is 10.2. The summed E-state index contributed by atoms with van der Waals surface area (Å²) in [5, 5.41) is 0.505. The first-order valence-electron chi connectivity index (χ1n) is 10.3. The van der Waals surface area contributed by atoms with Gasteiger partial charge in [0.25, 0.3) is 5.91 Å². The minimum atomic E-state index is -0.508. The number of likely N-dealkylation sites (N-methyl/N-ethyl adjacent to an activating group) is 1. The van der Waals surface area contributed by atoms with E-state index < -0.39 is 11.9 Å². The minimum absolute atomic E-state index is 0.197. The number of ether oxygens (including phenoxy) is 4. The van der Waals surface area contributed by atoms with Gasteiger partial charge in [0.2, 0.25) is 0 Å². The molecule has 9 nitrogen and oxygen atoms in total. The molecule has 1 aliphatic heterocycles. The second-order valence-corrected chi connectivity index (χ2v) is 7.92. The molecule has 2 aromatic carbocycles. The fourth-order valence-electron chi connectivity index (χ4n) is 2.89. The summed E-state index contributed by atoms with van der Waals surface area (Å²) in [4.78, 5) is 42.3. The van der Waals surface area contributed by atoms with Crippen molar-refractivity contribution in [3.63, 3.8) is 0 Å². The van der Waals surface area contributed by atoms with E-state index in [0.717, 1.165) is 0 Å². The summed E-state index contributed by atoms with van der Waals surface area (Å²) in [7, 11) is 4.41. The van der Waals surface area contributed by atoms with Crippen LogP contribution >= 0.6 is 11.8 Å². The van der Waals surface area contributed by atoms with Crippen LogP contribution in [0.2, 0.25) is 0 Å². The van der Waals surface area contributed by atoms with Crippen molar-refractivity contribution in [1.29, 1.82) is 0 Å². The number of methoxy groups -OCH3 is 2. The Kier molecular flexibility index (Phi) is 8.31. The Morgan fingerprint density at radius 3 is 2.47 bits per heavy atom. The molecule has 0 saturated carbocycles. The third-order valence-corrected chi connectivity index (χ3v) is 5.73. The number of thioether (sulfide) groups is 1. The van der Waals surface area contributed by atoms with Crippen LogP contribution in [0.5, 0.6) is 11.5 Å². The summed E-state index contributed by atoms with van der Waals surface area (Å²) in [6.45, 7) is 1.81. The molecular formula is C24H24N2O7S. The molecule has 0 N–H and O–H groups in total. The predicted octanol–water partition coefficient (Wildman–Crippen LogP) is 3.66.